The molecular weight excluding hydrogens is 389 g/mol. The van der Waals surface area contributed by atoms with Crippen molar-refractivity contribution in [3.63, 3.8) is 0 Å². The van der Waals surface area contributed by atoms with E-state index in [1.807, 2.05) is 5.40 Å². The Morgan fingerprint density at radius 1 is 1.50 bits per heavy atom. The SMILES string of the molecule is N#CSCC#Cc1cn([C@H]2C[C@H](O)[C@@H](COP(=O)(O)O)O2)c(=O)[nH]c1=O. The van der Waals surface area contributed by atoms with Gasteiger partial charge in [0.1, 0.15) is 23.3 Å². The summed E-state index contributed by atoms with van der Waals surface area (Å²) in [6.45, 7) is -0.571. The molecule has 0 aromatic carbocycles. The number of aromatic amines is 1. The summed E-state index contributed by atoms with van der Waals surface area (Å²) in [7, 11) is -4.73. The zero-order valence-corrected chi connectivity index (χ0v) is 14.8. The van der Waals surface area contributed by atoms with Crippen LogP contribution in [-0.4, -0.2) is 49.0 Å². The number of rotatable bonds is 5. The topological polar surface area (TPSA) is 175 Å². The van der Waals surface area contributed by atoms with E-state index in [2.05, 4.69) is 21.3 Å². The monoisotopic (exact) mass is 403 g/mol. The molecule has 2 rings (SSSR count). The Morgan fingerprint density at radius 3 is 2.88 bits per heavy atom. The number of H-pyrrole nitrogens is 1. The Labute approximate surface area is 150 Å². The number of hydrogen-bond donors (Lipinski definition) is 4. The number of phosphoric ester groups is 1. The molecule has 0 amide bonds. The third-order valence-corrected chi connectivity index (χ3v) is 4.22. The molecule has 26 heavy (non-hydrogen) atoms. The van der Waals surface area contributed by atoms with Gasteiger partial charge < -0.3 is 19.6 Å². The van der Waals surface area contributed by atoms with E-state index in [0.29, 0.717) is 0 Å². The lowest BCUT2D eigenvalue weighted by Gasteiger charge is -2.16. The number of aliphatic hydroxyl groups is 1. The summed E-state index contributed by atoms with van der Waals surface area (Å²) in [5.41, 5.74) is -1.53. The summed E-state index contributed by atoms with van der Waals surface area (Å²) in [5, 5.41) is 20.2. The molecule has 3 atom stereocenters. The zero-order valence-electron chi connectivity index (χ0n) is 13.1. The Balaban J connectivity index is 2.19. The van der Waals surface area contributed by atoms with Gasteiger partial charge >= 0.3 is 13.5 Å². The number of aliphatic hydroxyl groups excluding tert-OH is 1. The number of hydrogen-bond acceptors (Lipinski definition) is 8. The van der Waals surface area contributed by atoms with Crippen LogP contribution in [-0.2, 0) is 13.8 Å². The van der Waals surface area contributed by atoms with Gasteiger partial charge in [-0.15, -0.1) is 0 Å². The average Bonchev–Trinajstić information content (AvgIpc) is 2.91. The van der Waals surface area contributed by atoms with E-state index in [-0.39, 0.29) is 17.7 Å². The number of ether oxygens (including phenoxy) is 1. The summed E-state index contributed by atoms with van der Waals surface area (Å²) < 4.78 is 21.5. The van der Waals surface area contributed by atoms with Crippen molar-refractivity contribution in [1.82, 2.24) is 9.55 Å². The first-order chi connectivity index (χ1) is 12.2. The molecule has 2 heterocycles. The molecule has 1 saturated heterocycles. The van der Waals surface area contributed by atoms with E-state index in [0.717, 1.165) is 22.5 Å². The summed E-state index contributed by atoms with van der Waals surface area (Å²) in [6.07, 6.45) is -2.07. The second-order valence-electron chi connectivity index (χ2n) is 5.11. The molecule has 0 saturated carbocycles. The third kappa shape index (κ3) is 5.56. The summed E-state index contributed by atoms with van der Waals surface area (Å²) in [4.78, 5) is 43.2. The number of phosphoric acid groups is 1. The van der Waals surface area contributed by atoms with Crippen molar-refractivity contribution in [2.45, 2.75) is 24.9 Å². The maximum Gasteiger partial charge on any atom is 0.469 e. The Hall–Kier alpha value is -1.89. The number of nitrogens with one attached hydrogen (secondary N) is 1. The number of nitrogens with zero attached hydrogens (tertiary/aromatic N) is 2. The molecule has 0 bridgehead atoms. The van der Waals surface area contributed by atoms with Crippen LogP contribution in [0.25, 0.3) is 0 Å². The predicted octanol–water partition coefficient (Wildman–Crippen LogP) is -1.14. The largest absolute Gasteiger partial charge is 0.469 e. The highest BCUT2D eigenvalue weighted by Crippen LogP contribution is 2.38. The number of nitriles is 1. The lowest BCUT2D eigenvalue weighted by atomic mass is 10.2. The molecular formula is C13H14N3O8PS. The van der Waals surface area contributed by atoms with Gasteiger partial charge in [0.05, 0.1) is 18.5 Å². The second kappa shape index (κ2) is 8.66. The molecule has 11 nitrogen and oxygen atoms in total. The minimum Gasteiger partial charge on any atom is -0.390 e. The second-order valence-corrected chi connectivity index (χ2v) is 7.11. The van der Waals surface area contributed by atoms with Crippen molar-refractivity contribution in [2.24, 2.45) is 0 Å². The van der Waals surface area contributed by atoms with Crippen LogP contribution in [0.5, 0.6) is 0 Å². The van der Waals surface area contributed by atoms with Crippen LogP contribution in [0.15, 0.2) is 15.8 Å². The molecule has 0 spiro atoms. The zero-order chi connectivity index (χ0) is 19.3. The minimum absolute atomic E-state index is 0.0313. The van der Waals surface area contributed by atoms with Crippen molar-refractivity contribution < 1.29 is 28.7 Å². The predicted molar refractivity (Wildman–Crippen MR) is 88.8 cm³/mol. The first-order valence-electron chi connectivity index (χ1n) is 7.10. The van der Waals surface area contributed by atoms with Gasteiger partial charge in [-0.3, -0.25) is 18.9 Å². The van der Waals surface area contributed by atoms with Crippen LogP contribution in [0.1, 0.15) is 18.2 Å². The normalized spacial score (nSPS) is 22.5. The van der Waals surface area contributed by atoms with Crippen LogP contribution >= 0.6 is 19.6 Å². The van der Waals surface area contributed by atoms with Gasteiger partial charge in [0, 0.05) is 12.6 Å². The number of thiocyanates is 1. The molecule has 1 aromatic heterocycles. The van der Waals surface area contributed by atoms with E-state index in [9.17, 15) is 19.3 Å². The molecule has 140 valence electrons. The van der Waals surface area contributed by atoms with Crippen LogP contribution < -0.4 is 11.2 Å². The van der Waals surface area contributed by atoms with Crippen LogP contribution in [0.4, 0.5) is 0 Å². The van der Waals surface area contributed by atoms with Gasteiger partial charge in [0.25, 0.3) is 5.56 Å². The summed E-state index contributed by atoms with van der Waals surface area (Å²) >= 11 is 0.890. The average molecular weight is 403 g/mol. The Kier molecular flexibility index (Phi) is 6.81. The van der Waals surface area contributed by atoms with Gasteiger partial charge in [-0.1, -0.05) is 11.8 Å². The Bertz CT molecular complexity index is 920. The first-order valence-corrected chi connectivity index (χ1v) is 9.61. The maximum atomic E-state index is 12.0. The smallest absolute Gasteiger partial charge is 0.390 e. The minimum atomic E-state index is -4.73. The molecule has 13 heteroatoms. The molecule has 1 aliphatic heterocycles. The fourth-order valence-electron chi connectivity index (χ4n) is 2.19. The highest BCUT2D eigenvalue weighted by atomic mass is 32.2. The van der Waals surface area contributed by atoms with E-state index < -0.39 is 44.1 Å². The first kappa shape index (κ1) is 20.4. The van der Waals surface area contributed by atoms with Crippen molar-refractivity contribution in [3.05, 3.63) is 32.6 Å². The molecule has 1 aromatic rings. The van der Waals surface area contributed by atoms with Gasteiger partial charge in [-0.05, 0) is 11.8 Å². The van der Waals surface area contributed by atoms with Crippen molar-refractivity contribution >= 4 is 19.6 Å². The molecule has 1 fully saturated rings. The molecule has 1 aliphatic rings. The summed E-state index contributed by atoms with van der Waals surface area (Å²) in [5.74, 6) is 5.30. The van der Waals surface area contributed by atoms with Gasteiger partial charge in [0.2, 0.25) is 0 Å². The molecule has 0 radical (unpaired) electrons. The number of thioether (sulfide) groups is 1. The van der Waals surface area contributed by atoms with Crippen LogP contribution in [0, 0.1) is 22.5 Å². The van der Waals surface area contributed by atoms with E-state index >= 15 is 0 Å². The van der Waals surface area contributed by atoms with Gasteiger partial charge in [-0.25, -0.2) is 9.36 Å². The Morgan fingerprint density at radius 2 is 2.23 bits per heavy atom. The van der Waals surface area contributed by atoms with E-state index in [4.69, 9.17) is 19.8 Å². The van der Waals surface area contributed by atoms with Crippen molar-refractivity contribution in [3.8, 4) is 17.2 Å². The highest BCUT2D eigenvalue weighted by Gasteiger charge is 2.37. The fraction of sp³-hybridized carbons (Fsp3) is 0.462. The van der Waals surface area contributed by atoms with E-state index in [1.165, 1.54) is 0 Å². The van der Waals surface area contributed by atoms with Gasteiger partial charge in [0.15, 0.2) is 0 Å². The van der Waals surface area contributed by atoms with E-state index in [1.54, 1.807) is 0 Å². The third-order valence-electron chi connectivity index (χ3n) is 3.32. The van der Waals surface area contributed by atoms with Crippen molar-refractivity contribution in [2.75, 3.05) is 12.4 Å². The molecule has 0 aliphatic carbocycles. The maximum absolute atomic E-state index is 12.0. The standard InChI is InChI=1S/C13H14N3O8PS/c14-7-26-3-1-2-8-5-16(13(19)15-12(8)18)11-4-9(17)10(24-11)6-23-25(20,21)22/h5,9-11,17H,3-4,6H2,(H,15,18,19)(H2,20,21,22)/t9-,10+,11+/m0/s1. The quantitative estimate of drug-likeness (QED) is 0.203. The van der Waals surface area contributed by atoms with Crippen molar-refractivity contribution in [1.29, 1.82) is 5.26 Å². The lowest BCUT2D eigenvalue weighted by molar-refractivity contribution is -0.0451. The van der Waals surface area contributed by atoms with Crippen LogP contribution in [0.2, 0.25) is 0 Å². The highest BCUT2D eigenvalue weighted by molar-refractivity contribution is 8.03. The summed E-state index contributed by atoms with van der Waals surface area (Å²) in [6, 6.07) is 0. The van der Waals surface area contributed by atoms with Crippen LogP contribution in [0.3, 0.4) is 0 Å². The molecule has 0 unspecified atom stereocenters. The number of aromatic nitrogens is 2. The fourth-order valence-corrected chi connectivity index (χ4v) is 2.74. The lowest BCUT2D eigenvalue weighted by Crippen LogP contribution is -2.33. The molecule has 4 N–H and O–H groups in total. The van der Waals surface area contributed by atoms with Gasteiger partial charge in [-0.2, -0.15) is 5.26 Å².